The Morgan fingerprint density at radius 2 is 1.88 bits per heavy atom. The first-order valence-corrected chi connectivity index (χ1v) is 11.2. The smallest absolute Gasteiger partial charge is 0.227 e. The van der Waals surface area contributed by atoms with Crippen LogP contribution in [0.4, 0.5) is 23.1 Å². The van der Waals surface area contributed by atoms with Gasteiger partial charge in [0.2, 0.25) is 5.95 Å². The van der Waals surface area contributed by atoms with E-state index < -0.39 is 0 Å². The summed E-state index contributed by atoms with van der Waals surface area (Å²) < 4.78 is 11.5. The van der Waals surface area contributed by atoms with Gasteiger partial charge < -0.3 is 25.4 Å². The van der Waals surface area contributed by atoms with E-state index in [0.717, 1.165) is 61.9 Å². The summed E-state index contributed by atoms with van der Waals surface area (Å²) >= 11 is 0. The number of ether oxygens (including phenoxy) is 2. The molecule has 0 amide bonds. The van der Waals surface area contributed by atoms with Crippen LogP contribution in [0.5, 0.6) is 5.75 Å². The van der Waals surface area contributed by atoms with Gasteiger partial charge in [0.1, 0.15) is 17.7 Å². The van der Waals surface area contributed by atoms with Crippen molar-refractivity contribution in [3.63, 3.8) is 0 Å². The summed E-state index contributed by atoms with van der Waals surface area (Å²) in [7, 11) is 0. The van der Waals surface area contributed by atoms with Crippen LogP contribution in [0.2, 0.25) is 0 Å². The van der Waals surface area contributed by atoms with E-state index in [1.54, 1.807) is 6.20 Å². The SMILES string of the molecule is Nc1cc(-c2ccnc(Nc3ccc(N4CCCC4)nc3)n2)ccc1OC1CCOCC1. The molecule has 2 fully saturated rings. The van der Waals surface area contributed by atoms with Crippen molar-refractivity contribution in [1.82, 2.24) is 15.0 Å². The molecule has 2 aliphatic heterocycles. The predicted molar refractivity (Wildman–Crippen MR) is 125 cm³/mol. The van der Waals surface area contributed by atoms with E-state index in [4.69, 9.17) is 15.2 Å². The second-order valence-electron chi connectivity index (χ2n) is 8.17. The Hall–Kier alpha value is -3.39. The minimum atomic E-state index is 0.150. The molecular formula is C24H28N6O2. The van der Waals surface area contributed by atoms with Crippen molar-refractivity contribution >= 4 is 23.1 Å². The van der Waals surface area contributed by atoms with Gasteiger partial charge in [0, 0.05) is 37.7 Å². The van der Waals surface area contributed by atoms with Crippen molar-refractivity contribution < 1.29 is 9.47 Å². The maximum atomic E-state index is 6.28. The van der Waals surface area contributed by atoms with Crippen LogP contribution in [0.15, 0.2) is 48.8 Å². The van der Waals surface area contributed by atoms with Crippen molar-refractivity contribution in [2.75, 3.05) is 42.3 Å². The molecule has 2 aliphatic rings. The first-order chi connectivity index (χ1) is 15.7. The number of nitrogens with two attached hydrogens (primary N) is 1. The standard InChI is InChI=1S/C24H28N6O2/c25-20-15-17(3-5-22(20)32-19-8-13-31-14-9-19)21-7-10-26-24(29-21)28-18-4-6-23(27-16-18)30-11-1-2-12-30/h3-7,10,15-16,19H,1-2,8-9,11-14,25H2,(H,26,28,29). The van der Waals surface area contributed by atoms with Gasteiger partial charge in [0.25, 0.3) is 0 Å². The van der Waals surface area contributed by atoms with Gasteiger partial charge >= 0.3 is 0 Å². The molecule has 0 bridgehead atoms. The number of nitrogens with zero attached hydrogens (tertiary/aromatic N) is 4. The van der Waals surface area contributed by atoms with Crippen molar-refractivity contribution in [3.05, 3.63) is 48.8 Å². The highest BCUT2D eigenvalue weighted by Crippen LogP contribution is 2.30. The van der Waals surface area contributed by atoms with Crippen LogP contribution < -0.4 is 20.7 Å². The largest absolute Gasteiger partial charge is 0.488 e. The van der Waals surface area contributed by atoms with Crippen LogP contribution in [0.25, 0.3) is 11.3 Å². The zero-order chi connectivity index (χ0) is 21.8. The maximum absolute atomic E-state index is 6.28. The van der Waals surface area contributed by atoms with Crippen molar-refractivity contribution in [1.29, 1.82) is 0 Å². The first-order valence-electron chi connectivity index (χ1n) is 11.2. The Bertz CT molecular complexity index is 1050. The molecule has 0 unspecified atom stereocenters. The number of hydrogen-bond acceptors (Lipinski definition) is 8. The number of pyridine rings is 1. The highest BCUT2D eigenvalue weighted by atomic mass is 16.5. The van der Waals surface area contributed by atoms with E-state index in [2.05, 4.69) is 25.2 Å². The van der Waals surface area contributed by atoms with Gasteiger partial charge in [-0.1, -0.05) is 0 Å². The summed E-state index contributed by atoms with van der Waals surface area (Å²) in [5.74, 6) is 2.23. The molecule has 0 radical (unpaired) electrons. The summed E-state index contributed by atoms with van der Waals surface area (Å²) in [6.07, 6.45) is 7.94. The van der Waals surface area contributed by atoms with Crippen LogP contribution in [0, 0.1) is 0 Å². The Balaban J connectivity index is 1.27. The van der Waals surface area contributed by atoms with Crippen LogP contribution in [-0.4, -0.2) is 47.4 Å². The van der Waals surface area contributed by atoms with Gasteiger partial charge in [0.05, 0.1) is 36.5 Å². The molecule has 166 valence electrons. The minimum absolute atomic E-state index is 0.150. The maximum Gasteiger partial charge on any atom is 0.227 e. The third kappa shape index (κ3) is 4.75. The molecule has 3 aromatic rings. The van der Waals surface area contributed by atoms with E-state index >= 15 is 0 Å². The topological polar surface area (TPSA) is 98.4 Å². The Kier molecular flexibility index (Phi) is 6.02. The highest BCUT2D eigenvalue weighted by Gasteiger charge is 2.17. The van der Waals surface area contributed by atoms with Gasteiger partial charge in [-0.25, -0.2) is 15.0 Å². The molecule has 0 spiro atoms. The number of rotatable bonds is 6. The lowest BCUT2D eigenvalue weighted by Gasteiger charge is -2.24. The second kappa shape index (κ2) is 9.40. The Morgan fingerprint density at radius 3 is 2.62 bits per heavy atom. The third-order valence-electron chi connectivity index (χ3n) is 5.86. The molecule has 2 aromatic heterocycles. The normalized spacial score (nSPS) is 16.8. The lowest BCUT2D eigenvalue weighted by atomic mass is 10.1. The molecule has 0 saturated carbocycles. The predicted octanol–water partition coefficient (Wildman–Crippen LogP) is 4.02. The lowest BCUT2D eigenvalue weighted by Crippen LogP contribution is -2.26. The second-order valence-corrected chi connectivity index (χ2v) is 8.17. The van der Waals surface area contributed by atoms with E-state index in [9.17, 15) is 0 Å². The van der Waals surface area contributed by atoms with E-state index in [0.29, 0.717) is 17.4 Å². The molecule has 5 rings (SSSR count). The van der Waals surface area contributed by atoms with E-state index in [1.165, 1.54) is 12.8 Å². The number of benzene rings is 1. The Labute approximate surface area is 187 Å². The van der Waals surface area contributed by atoms with E-state index in [-0.39, 0.29) is 6.10 Å². The first kappa shape index (κ1) is 20.5. The molecule has 2 saturated heterocycles. The zero-order valence-corrected chi connectivity index (χ0v) is 18.0. The van der Waals surface area contributed by atoms with Crippen LogP contribution >= 0.6 is 0 Å². The average molecular weight is 433 g/mol. The summed E-state index contributed by atoms with van der Waals surface area (Å²) in [6, 6.07) is 11.7. The molecule has 8 heteroatoms. The van der Waals surface area contributed by atoms with Crippen LogP contribution in [0.3, 0.4) is 0 Å². The molecule has 1 aromatic carbocycles. The molecule has 0 atom stereocenters. The van der Waals surface area contributed by atoms with Crippen molar-refractivity contribution in [2.24, 2.45) is 0 Å². The fraction of sp³-hybridized carbons (Fsp3) is 0.375. The number of hydrogen-bond donors (Lipinski definition) is 2. The summed E-state index contributed by atoms with van der Waals surface area (Å²) in [4.78, 5) is 15.9. The van der Waals surface area contributed by atoms with Gasteiger partial charge in [-0.15, -0.1) is 0 Å². The molecule has 3 N–H and O–H groups in total. The van der Waals surface area contributed by atoms with Gasteiger partial charge in [-0.2, -0.15) is 0 Å². The lowest BCUT2D eigenvalue weighted by molar-refractivity contribution is 0.0259. The number of nitrogens with one attached hydrogen (secondary N) is 1. The third-order valence-corrected chi connectivity index (χ3v) is 5.86. The quantitative estimate of drug-likeness (QED) is 0.564. The summed E-state index contributed by atoms with van der Waals surface area (Å²) in [5.41, 5.74) is 9.43. The van der Waals surface area contributed by atoms with Gasteiger partial charge in [0.15, 0.2) is 0 Å². The van der Waals surface area contributed by atoms with Gasteiger partial charge in [-0.05, 0) is 49.2 Å². The summed E-state index contributed by atoms with van der Waals surface area (Å²) in [5, 5.41) is 3.24. The minimum Gasteiger partial charge on any atom is -0.488 e. The number of nitrogen functional groups attached to an aromatic ring is 1. The fourth-order valence-electron chi connectivity index (χ4n) is 4.09. The van der Waals surface area contributed by atoms with Gasteiger partial charge in [-0.3, -0.25) is 0 Å². The zero-order valence-electron chi connectivity index (χ0n) is 18.0. The van der Waals surface area contributed by atoms with Crippen LogP contribution in [0.1, 0.15) is 25.7 Å². The van der Waals surface area contributed by atoms with Crippen LogP contribution in [-0.2, 0) is 4.74 Å². The Morgan fingerprint density at radius 1 is 1.03 bits per heavy atom. The number of anilines is 4. The highest BCUT2D eigenvalue weighted by molar-refractivity contribution is 5.69. The molecule has 0 aliphatic carbocycles. The molecule has 32 heavy (non-hydrogen) atoms. The van der Waals surface area contributed by atoms with Crippen molar-refractivity contribution in [2.45, 2.75) is 31.8 Å². The summed E-state index contributed by atoms with van der Waals surface area (Å²) in [6.45, 7) is 3.62. The molecule has 4 heterocycles. The monoisotopic (exact) mass is 432 g/mol. The fourth-order valence-corrected chi connectivity index (χ4v) is 4.09. The molecule has 8 nitrogen and oxygen atoms in total. The van der Waals surface area contributed by atoms with E-state index in [1.807, 2.05) is 42.6 Å². The molecular weight excluding hydrogens is 404 g/mol. The average Bonchev–Trinajstić information content (AvgIpc) is 3.37. The number of aromatic nitrogens is 3. The van der Waals surface area contributed by atoms with Crippen molar-refractivity contribution in [3.8, 4) is 17.0 Å².